The fraction of sp³-hybridized carbons (Fsp3) is 0.550. The lowest BCUT2D eigenvalue weighted by Crippen LogP contribution is -2.27. The predicted octanol–water partition coefficient (Wildman–Crippen LogP) is 3.37. The lowest BCUT2D eigenvalue weighted by Gasteiger charge is -2.07. The Labute approximate surface area is 163 Å². The third kappa shape index (κ3) is 4.24. The summed E-state index contributed by atoms with van der Waals surface area (Å²) < 4.78 is 4.88. The summed E-state index contributed by atoms with van der Waals surface area (Å²) in [6.07, 6.45) is 6.91. The van der Waals surface area contributed by atoms with Gasteiger partial charge in [0.05, 0.1) is 23.4 Å². The van der Waals surface area contributed by atoms with Crippen LogP contribution in [0.2, 0.25) is 0 Å². The number of nitrogens with one attached hydrogen (secondary N) is 2. The van der Waals surface area contributed by atoms with E-state index in [0.29, 0.717) is 29.9 Å². The topological polar surface area (TPSA) is 84.1 Å². The Morgan fingerprint density at radius 1 is 1.26 bits per heavy atom. The molecule has 0 aliphatic heterocycles. The minimum atomic E-state index is -0.403. The highest BCUT2D eigenvalue weighted by Gasteiger charge is 2.24. The molecule has 0 saturated heterocycles. The first-order valence-corrected chi connectivity index (χ1v) is 10.4. The number of fused-ring (bicyclic) bond motifs is 1. The number of rotatable bonds is 7. The number of amides is 1. The average Bonchev–Trinajstić information content (AvgIpc) is 3.22. The van der Waals surface area contributed by atoms with Gasteiger partial charge in [0.2, 0.25) is 0 Å². The molecule has 0 bridgehead atoms. The van der Waals surface area contributed by atoms with Crippen molar-refractivity contribution in [3.63, 3.8) is 0 Å². The van der Waals surface area contributed by atoms with Crippen LogP contribution in [0, 0.1) is 6.92 Å². The van der Waals surface area contributed by atoms with Crippen LogP contribution in [-0.2, 0) is 30.4 Å². The van der Waals surface area contributed by atoms with Gasteiger partial charge in [-0.3, -0.25) is 4.79 Å². The van der Waals surface area contributed by atoms with Crippen LogP contribution in [0.15, 0.2) is 0 Å². The van der Waals surface area contributed by atoms with Crippen molar-refractivity contribution in [1.82, 2.24) is 15.3 Å². The van der Waals surface area contributed by atoms with Crippen LogP contribution in [0.25, 0.3) is 0 Å². The third-order valence-corrected chi connectivity index (χ3v) is 6.14. The number of hydrogen-bond acceptors (Lipinski definition) is 5. The second-order valence-electron chi connectivity index (χ2n) is 6.91. The Hall–Kier alpha value is -2.15. The molecule has 0 atom stereocenters. The van der Waals surface area contributed by atoms with E-state index in [9.17, 15) is 9.59 Å². The number of nitrogens with zero attached hydrogens (tertiary/aromatic N) is 1. The van der Waals surface area contributed by atoms with E-state index in [2.05, 4.69) is 10.3 Å². The van der Waals surface area contributed by atoms with E-state index in [1.165, 1.54) is 30.5 Å². The number of carbonyl (C=O) groups is 2. The SMILES string of the molecule is CCCc1c(C(=O)NCCc2nc3c(s2)CCCC3)[nH]c(C)c1C(=O)OC. The Kier molecular flexibility index (Phi) is 6.31. The number of aromatic nitrogens is 2. The first-order chi connectivity index (χ1) is 13.0. The van der Waals surface area contributed by atoms with Crippen molar-refractivity contribution in [1.29, 1.82) is 0 Å². The number of aryl methyl sites for hydroxylation is 3. The molecule has 0 aromatic carbocycles. The molecular formula is C20H27N3O3S. The molecule has 1 aliphatic rings. The monoisotopic (exact) mass is 389 g/mol. The van der Waals surface area contributed by atoms with E-state index in [1.54, 1.807) is 18.3 Å². The molecule has 2 aromatic heterocycles. The fourth-order valence-corrected chi connectivity index (χ4v) is 4.79. The molecule has 7 heteroatoms. The molecular weight excluding hydrogens is 362 g/mol. The molecule has 2 heterocycles. The number of carbonyl (C=O) groups excluding carboxylic acids is 2. The largest absolute Gasteiger partial charge is 0.465 e. The lowest BCUT2D eigenvalue weighted by molar-refractivity contribution is 0.0599. The summed E-state index contributed by atoms with van der Waals surface area (Å²) in [5.41, 5.74) is 3.61. The van der Waals surface area contributed by atoms with Crippen molar-refractivity contribution in [2.24, 2.45) is 0 Å². The van der Waals surface area contributed by atoms with Crippen LogP contribution in [0.3, 0.4) is 0 Å². The quantitative estimate of drug-likeness (QED) is 0.711. The smallest absolute Gasteiger partial charge is 0.339 e. The van der Waals surface area contributed by atoms with Crippen molar-refractivity contribution >= 4 is 23.2 Å². The van der Waals surface area contributed by atoms with Crippen LogP contribution in [-0.4, -0.2) is 35.5 Å². The van der Waals surface area contributed by atoms with Crippen molar-refractivity contribution in [2.75, 3.05) is 13.7 Å². The molecule has 146 valence electrons. The zero-order chi connectivity index (χ0) is 19.4. The second-order valence-corrected chi connectivity index (χ2v) is 8.08. The minimum absolute atomic E-state index is 0.182. The predicted molar refractivity (Wildman–Crippen MR) is 106 cm³/mol. The molecule has 0 saturated carbocycles. The Morgan fingerprint density at radius 3 is 2.74 bits per heavy atom. The van der Waals surface area contributed by atoms with Gasteiger partial charge in [-0.25, -0.2) is 9.78 Å². The van der Waals surface area contributed by atoms with Crippen LogP contribution in [0.4, 0.5) is 0 Å². The highest BCUT2D eigenvalue weighted by molar-refractivity contribution is 7.11. The standard InChI is InChI=1S/C20H27N3O3S/c1-4-7-13-17(20(25)26-3)12(2)22-18(13)19(24)21-11-10-16-23-14-8-5-6-9-15(14)27-16/h22H,4-11H2,1-3H3,(H,21,24). The van der Waals surface area contributed by atoms with Crippen LogP contribution in [0.1, 0.15) is 73.9 Å². The van der Waals surface area contributed by atoms with Gasteiger partial charge in [-0.2, -0.15) is 0 Å². The normalized spacial score (nSPS) is 13.3. The van der Waals surface area contributed by atoms with Gasteiger partial charge in [-0.1, -0.05) is 13.3 Å². The van der Waals surface area contributed by atoms with E-state index in [1.807, 2.05) is 6.92 Å². The summed E-state index contributed by atoms with van der Waals surface area (Å²) >= 11 is 1.78. The van der Waals surface area contributed by atoms with Gasteiger partial charge in [-0.05, 0) is 44.6 Å². The summed E-state index contributed by atoms with van der Waals surface area (Å²) in [6, 6.07) is 0. The number of esters is 1. The molecule has 0 radical (unpaired) electrons. The molecule has 3 rings (SSSR count). The molecule has 0 spiro atoms. The summed E-state index contributed by atoms with van der Waals surface area (Å²) in [5.74, 6) is -0.586. The maximum absolute atomic E-state index is 12.7. The summed E-state index contributed by atoms with van der Waals surface area (Å²) in [5, 5.41) is 4.06. The van der Waals surface area contributed by atoms with E-state index >= 15 is 0 Å². The molecule has 1 aliphatic carbocycles. The molecule has 0 fully saturated rings. The zero-order valence-electron chi connectivity index (χ0n) is 16.2. The van der Waals surface area contributed by atoms with Gasteiger partial charge in [-0.15, -0.1) is 11.3 Å². The Morgan fingerprint density at radius 2 is 2.04 bits per heavy atom. The van der Waals surface area contributed by atoms with E-state index in [0.717, 1.165) is 36.3 Å². The number of hydrogen-bond donors (Lipinski definition) is 2. The highest BCUT2D eigenvalue weighted by Crippen LogP contribution is 2.27. The summed E-state index contributed by atoms with van der Waals surface area (Å²) in [7, 11) is 1.36. The van der Waals surface area contributed by atoms with Crippen molar-refractivity contribution in [3.05, 3.63) is 38.1 Å². The molecule has 0 unspecified atom stereocenters. The Bertz CT molecular complexity index is 814. The average molecular weight is 390 g/mol. The zero-order valence-corrected chi connectivity index (χ0v) is 17.1. The first-order valence-electron chi connectivity index (χ1n) is 9.60. The van der Waals surface area contributed by atoms with Gasteiger partial charge in [0, 0.05) is 23.5 Å². The molecule has 2 aromatic rings. The Balaban J connectivity index is 1.67. The number of thiazole rings is 1. The second kappa shape index (κ2) is 8.69. The van der Waals surface area contributed by atoms with Crippen LogP contribution >= 0.6 is 11.3 Å². The van der Waals surface area contributed by atoms with E-state index < -0.39 is 5.97 Å². The van der Waals surface area contributed by atoms with Crippen LogP contribution in [0.5, 0.6) is 0 Å². The highest BCUT2D eigenvalue weighted by atomic mass is 32.1. The van der Waals surface area contributed by atoms with Gasteiger partial charge < -0.3 is 15.0 Å². The minimum Gasteiger partial charge on any atom is -0.465 e. The fourth-order valence-electron chi connectivity index (χ4n) is 3.63. The molecule has 1 amide bonds. The molecule has 2 N–H and O–H groups in total. The molecule has 27 heavy (non-hydrogen) atoms. The van der Waals surface area contributed by atoms with Gasteiger partial charge in [0.1, 0.15) is 5.69 Å². The van der Waals surface area contributed by atoms with Gasteiger partial charge >= 0.3 is 5.97 Å². The van der Waals surface area contributed by atoms with Crippen molar-refractivity contribution in [2.45, 2.75) is 58.8 Å². The lowest BCUT2D eigenvalue weighted by atomic mass is 10.0. The number of ether oxygens (including phenoxy) is 1. The van der Waals surface area contributed by atoms with Crippen molar-refractivity contribution in [3.8, 4) is 0 Å². The number of H-pyrrole nitrogens is 1. The number of methoxy groups -OCH3 is 1. The summed E-state index contributed by atoms with van der Waals surface area (Å²) in [4.78, 5) is 34.0. The van der Waals surface area contributed by atoms with Gasteiger partial charge in [0.15, 0.2) is 0 Å². The third-order valence-electron chi connectivity index (χ3n) is 4.92. The van der Waals surface area contributed by atoms with E-state index in [-0.39, 0.29) is 5.91 Å². The van der Waals surface area contributed by atoms with Crippen molar-refractivity contribution < 1.29 is 14.3 Å². The van der Waals surface area contributed by atoms with Crippen LogP contribution < -0.4 is 5.32 Å². The summed E-state index contributed by atoms with van der Waals surface area (Å²) in [6.45, 7) is 4.35. The van der Waals surface area contributed by atoms with Gasteiger partial charge in [0.25, 0.3) is 5.91 Å². The number of aromatic amines is 1. The maximum atomic E-state index is 12.7. The van der Waals surface area contributed by atoms with E-state index in [4.69, 9.17) is 9.72 Å². The first kappa shape index (κ1) is 19.6. The molecule has 6 nitrogen and oxygen atoms in total. The maximum Gasteiger partial charge on any atom is 0.339 e.